The van der Waals surface area contributed by atoms with Crippen LogP contribution in [0.4, 0.5) is 4.79 Å². The van der Waals surface area contributed by atoms with Crippen LogP contribution in [0.5, 0.6) is 0 Å². The number of hydrogen-bond acceptors (Lipinski definition) is 12. The van der Waals surface area contributed by atoms with E-state index in [4.69, 9.17) is 24.0 Å². The summed E-state index contributed by atoms with van der Waals surface area (Å²) >= 11 is 0. The van der Waals surface area contributed by atoms with Crippen molar-refractivity contribution >= 4 is 31.9 Å². The van der Waals surface area contributed by atoms with Crippen molar-refractivity contribution in [3.05, 3.63) is 0 Å². The molecule has 0 bridgehead atoms. The highest BCUT2D eigenvalue weighted by Crippen LogP contribution is 2.43. The molecule has 1 atom stereocenters. The topological polar surface area (TPSA) is 193 Å². The summed E-state index contributed by atoms with van der Waals surface area (Å²) in [4.78, 5) is 60.2. The fraction of sp³-hybridized carbons (Fsp3) is 0.889. The van der Waals surface area contributed by atoms with Gasteiger partial charge in [0, 0.05) is 26.2 Å². The van der Waals surface area contributed by atoms with Crippen LogP contribution in [0, 0.1) is 0 Å². The van der Waals surface area contributed by atoms with Crippen molar-refractivity contribution in [1.29, 1.82) is 0 Å². The Labute approximate surface area is 318 Å². The molecule has 0 aliphatic heterocycles. The fourth-order valence-electron chi connectivity index (χ4n) is 5.34. The summed E-state index contributed by atoms with van der Waals surface area (Å²) in [5.74, 6) is -2.44. The number of likely N-dealkylation sites (N-methyl/N-ethyl adjacent to an activating group) is 3. The second kappa shape index (κ2) is 31.1. The molecule has 16 nitrogen and oxygen atoms in total. The van der Waals surface area contributed by atoms with E-state index >= 15 is 0 Å². The van der Waals surface area contributed by atoms with E-state index in [1.807, 2.05) is 45.0 Å². The van der Waals surface area contributed by atoms with Crippen LogP contribution >= 0.6 is 7.82 Å². The number of carboxylic acids is 1. The maximum atomic E-state index is 12.2. The van der Waals surface area contributed by atoms with E-state index in [1.165, 1.54) is 69.1 Å². The van der Waals surface area contributed by atoms with Crippen molar-refractivity contribution in [2.75, 3.05) is 107 Å². The van der Waals surface area contributed by atoms with E-state index in [2.05, 4.69) is 4.74 Å². The van der Waals surface area contributed by atoms with Crippen LogP contribution < -0.4 is 0 Å². The largest absolute Gasteiger partial charge is 0.513 e. The van der Waals surface area contributed by atoms with Crippen LogP contribution in [0.3, 0.4) is 0 Å². The third-order valence-electron chi connectivity index (χ3n) is 8.55. The molecule has 0 aliphatic carbocycles. The lowest BCUT2D eigenvalue weighted by Gasteiger charge is -2.24. The van der Waals surface area contributed by atoms with Crippen LogP contribution in [-0.4, -0.2) is 166 Å². The lowest BCUT2D eigenvalue weighted by atomic mass is 10.0. The number of esters is 2. The first kappa shape index (κ1) is 50.8. The van der Waals surface area contributed by atoms with E-state index in [0.29, 0.717) is 37.3 Å². The van der Waals surface area contributed by atoms with Gasteiger partial charge in [0.1, 0.15) is 13.2 Å². The summed E-state index contributed by atoms with van der Waals surface area (Å²) < 4.78 is 32.1. The molecule has 0 saturated carbocycles. The highest BCUT2D eigenvalue weighted by molar-refractivity contribution is 7.47. The SMILES string of the molecule is CN(CCN(C)CC(=O)OCCCCCCCCCCCCCCCCCCOP(=O)(O)OCC[N+](C)(C)C)CCN(CC(=O)O)CC(=O)OC(=O)O. The van der Waals surface area contributed by atoms with Crippen molar-refractivity contribution in [1.82, 2.24) is 14.7 Å². The predicted octanol–water partition coefficient (Wildman–Crippen LogP) is 5.08. The summed E-state index contributed by atoms with van der Waals surface area (Å²) in [5, 5.41) is 17.6. The second-order valence-corrected chi connectivity index (χ2v) is 16.4. The molecule has 53 heavy (non-hydrogen) atoms. The first-order valence-corrected chi connectivity index (χ1v) is 20.8. The maximum Gasteiger partial charge on any atom is 0.513 e. The summed E-state index contributed by atoms with van der Waals surface area (Å²) in [6.07, 6.45) is 16.7. The number of aliphatic carboxylic acids is 1. The number of carbonyl (C=O) groups is 4. The number of phosphoric acid groups is 1. The Morgan fingerprint density at radius 2 is 1.00 bits per heavy atom. The van der Waals surface area contributed by atoms with E-state index < -0.39 is 39.0 Å². The molecule has 0 aromatic heterocycles. The third-order valence-corrected chi connectivity index (χ3v) is 9.56. The van der Waals surface area contributed by atoms with E-state index in [1.54, 1.807) is 0 Å². The average molecular weight is 784 g/mol. The normalized spacial score (nSPS) is 13.1. The van der Waals surface area contributed by atoms with Gasteiger partial charge >= 0.3 is 31.9 Å². The summed E-state index contributed by atoms with van der Waals surface area (Å²) in [5.41, 5.74) is 0. The highest BCUT2D eigenvalue weighted by atomic mass is 31.2. The van der Waals surface area contributed by atoms with Gasteiger partial charge in [0.25, 0.3) is 0 Å². The predicted molar refractivity (Wildman–Crippen MR) is 203 cm³/mol. The zero-order chi connectivity index (χ0) is 40.0. The Kier molecular flexibility index (Phi) is 29.8. The quantitative estimate of drug-likeness (QED) is 0.0250. The molecule has 0 spiro atoms. The molecular weight excluding hydrogens is 711 g/mol. The van der Waals surface area contributed by atoms with Gasteiger partial charge in [-0.15, -0.1) is 0 Å². The molecule has 0 heterocycles. The Hall–Kier alpha value is -2.17. The molecule has 0 saturated heterocycles. The van der Waals surface area contributed by atoms with Gasteiger partial charge < -0.3 is 34.0 Å². The molecule has 1 unspecified atom stereocenters. The number of phosphoric ester groups is 1. The van der Waals surface area contributed by atoms with Gasteiger partial charge in [-0.3, -0.25) is 33.2 Å². The zero-order valence-electron chi connectivity index (χ0n) is 33.3. The number of carbonyl (C=O) groups excluding carboxylic acids is 2. The van der Waals surface area contributed by atoms with Crippen LogP contribution in [0.1, 0.15) is 103 Å². The molecule has 0 aliphatic rings. The van der Waals surface area contributed by atoms with E-state index in [0.717, 1.165) is 38.5 Å². The number of carboxylic acid groups (broad SMARTS) is 2. The Morgan fingerprint density at radius 1 is 0.566 bits per heavy atom. The summed E-state index contributed by atoms with van der Waals surface area (Å²) in [6.45, 7) is 2.64. The minimum atomic E-state index is -3.94. The minimum absolute atomic E-state index is 0.169. The lowest BCUT2D eigenvalue weighted by molar-refractivity contribution is -0.870. The molecule has 0 radical (unpaired) electrons. The van der Waals surface area contributed by atoms with Gasteiger partial charge in [-0.25, -0.2) is 9.36 Å². The minimum Gasteiger partial charge on any atom is -0.480 e. The van der Waals surface area contributed by atoms with Crippen molar-refractivity contribution < 1.29 is 61.9 Å². The number of rotatable bonds is 36. The monoisotopic (exact) mass is 783 g/mol. The van der Waals surface area contributed by atoms with Gasteiger partial charge in [0.15, 0.2) is 0 Å². The van der Waals surface area contributed by atoms with Gasteiger partial charge in [-0.2, -0.15) is 0 Å². The van der Waals surface area contributed by atoms with Gasteiger partial charge in [0.05, 0.1) is 54.0 Å². The number of ether oxygens (including phenoxy) is 2. The van der Waals surface area contributed by atoms with Crippen molar-refractivity contribution in [2.24, 2.45) is 0 Å². The molecule has 0 rings (SSSR count). The Balaban J connectivity index is 3.63. The van der Waals surface area contributed by atoms with E-state index in [-0.39, 0.29) is 32.3 Å². The average Bonchev–Trinajstić information content (AvgIpc) is 3.04. The van der Waals surface area contributed by atoms with Crippen LogP contribution in [0.2, 0.25) is 0 Å². The fourth-order valence-corrected chi connectivity index (χ4v) is 6.09. The molecular formula is C36H72N4O12P+. The number of nitrogens with zero attached hydrogens (tertiary/aromatic N) is 4. The molecule has 17 heteroatoms. The number of quaternary nitrogens is 1. The number of hydrogen-bond donors (Lipinski definition) is 3. The standard InChI is InChI=1S/C36H71N4O12P/c1-37(24-25-39(30-33(41)42)32-35(44)52-36(45)46)22-23-38(2)31-34(43)49-27-20-18-16-14-12-10-8-6-7-9-11-13-15-17-19-21-28-50-53(47,48)51-29-26-40(3,4)5/h6-32H2,1-5H3,(H2-,41,42,45,46,47,48)/p+1. The first-order valence-electron chi connectivity index (χ1n) is 19.3. The van der Waals surface area contributed by atoms with Crippen molar-refractivity contribution in [2.45, 2.75) is 103 Å². The van der Waals surface area contributed by atoms with Gasteiger partial charge in [-0.05, 0) is 26.9 Å². The lowest BCUT2D eigenvalue weighted by Crippen LogP contribution is -2.42. The molecule has 312 valence electrons. The smallest absolute Gasteiger partial charge is 0.480 e. The Morgan fingerprint density at radius 3 is 1.47 bits per heavy atom. The molecule has 0 aromatic rings. The maximum absolute atomic E-state index is 12.2. The first-order chi connectivity index (χ1) is 25.0. The van der Waals surface area contributed by atoms with Crippen molar-refractivity contribution in [3.8, 4) is 0 Å². The van der Waals surface area contributed by atoms with Crippen molar-refractivity contribution in [3.63, 3.8) is 0 Å². The van der Waals surface area contributed by atoms with Gasteiger partial charge in [-0.1, -0.05) is 89.9 Å². The van der Waals surface area contributed by atoms with Crippen LogP contribution in [-0.2, 0) is 37.5 Å². The molecule has 0 amide bonds. The molecule has 3 N–H and O–H groups in total. The van der Waals surface area contributed by atoms with Crippen LogP contribution in [0.25, 0.3) is 0 Å². The van der Waals surface area contributed by atoms with Gasteiger partial charge in [0.2, 0.25) is 0 Å². The van der Waals surface area contributed by atoms with E-state index in [9.17, 15) is 28.6 Å². The van der Waals surface area contributed by atoms with Crippen LogP contribution in [0.15, 0.2) is 0 Å². The summed E-state index contributed by atoms with van der Waals surface area (Å²) in [7, 11) is 5.71. The molecule has 0 fully saturated rings. The summed E-state index contributed by atoms with van der Waals surface area (Å²) in [6, 6.07) is 0. The highest BCUT2D eigenvalue weighted by Gasteiger charge is 2.22. The zero-order valence-corrected chi connectivity index (χ0v) is 34.2. The number of unbranched alkanes of at least 4 members (excludes halogenated alkanes) is 15. The second-order valence-electron chi connectivity index (χ2n) is 14.9. The third kappa shape index (κ3) is 36.6. The Bertz CT molecular complexity index is 1050. The molecule has 0 aromatic carbocycles.